The fourth-order valence-corrected chi connectivity index (χ4v) is 1.28. The van der Waals surface area contributed by atoms with Crippen molar-refractivity contribution in [1.29, 1.82) is 0 Å². The summed E-state index contributed by atoms with van der Waals surface area (Å²) >= 11 is 0. The minimum atomic E-state index is 0.317. The van der Waals surface area contributed by atoms with E-state index >= 15 is 0 Å². The van der Waals surface area contributed by atoms with E-state index in [0.29, 0.717) is 5.41 Å². The molecular weight excluding hydrogens is 131 g/mol. The summed E-state index contributed by atoms with van der Waals surface area (Å²) in [5.41, 5.74) is 2.83. The summed E-state index contributed by atoms with van der Waals surface area (Å²) in [6, 6.07) is 0. The molecule has 0 aromatic rings. The van der Waals surface area contributed by atoms with Gasteiger partial charge in [0.15, 0.2) is 0 Å². The Hall–Kier alpha value is -0.455. The third kappa shape index (κ3) is 2.25. The van der Waals surface area contributed by atoms with Crippen molar-refractivity contribution in [3.8, 4) is 0 Å². The summed E-state index contributed by atoms with van der Waals surface area (Å²) in [7, 11) is 5.66. The quantitative estimate of drug-likeness (QED) is 0.461. The number of rotatable bonds is 0. The van der Waals surface area contributed by atoms with Gasteiger partial charge in [-0.3, -0.25) is 0 Å². The molecule has 0 heterocycles. The second-order valence-corrected chi connectivity index (χ2v) is 4.18. The lowest BCUT2D eigenvalue weighted by molar-refractivity contribution is 0.481. The molecule has 11 heavy (non-hydrogen) atoms. The van der Waals surface area contributed by atoms with Crippen molar-refractivity contribution in [2.45, 2.75) is 33.6 Å². The molecule has 58 valence electrons. The van der Waals surface area contributed by atoms with Gasteiger partial charge >= 0.3 is 0 Å². The van der Waals surface area contributed by atoms with Crippen molar-refractivity contribution in [3.63, 3.8) is 0 Å². The van der Waals surface area contributed by atoms with E-state index in [9.17, 15) is 0 Å². The molecule has 0 nitrogen and oxygen atoms in total. The Morgan fingerprint density at radius 1 is 1.18 bits per heavy atom. The molecule has 0 atom stereocenters. The Balaban J connectivity index is 2.77. The average Bonchev–Trinajstić information content (AvgIpc) is 1.86. The Labute approximate surface area is 70.8 Å². The van der Waals surface area contributed by atoms with Crippen LogP contribution in [0.1, 0.15) is 33.6 Å². The summed E-state index contributed by atoms with van der Waals surface area (Å²) in [5.74, 6) is 0. The highest BCUT2D eigenvalue weighted by Gasteiger charge is 2.17. The molecule has 0 saturated heterocycles. The van der Waals surface area contributed by atoms with Crippen LogP contribution in [0.5, 0.6) is 0 Å². The van der Waals surface area contributed by atoms with E-state index in [0.717, 1.165) is 18.3 Å². The second kappa shape index (κ2) is 2.88. The lowest BCUT2D eigenvalue weighted by Crippen LogP contribution is -2.11. The van der Waals surface area contributed by atoms with Crippen molar-refractivity contribution in [3.05, 3.63) is 23.2 Å². The molecule has 2 radical (unpaired) electrons. The van der Waals surface area contributed by atoms with E-state index in [-0.39, 0.29) is 0 Å². The Morgan fingerprint density at radius 2 is 1.82 bits per heavy atom. The summed E-state index contributed by atoms with van der Waals surface area (Å²) in [6.07, 6.45) is 6.36. The molecule has 0 amide bonds. The summed E-state index contributed by atoms with van der Waals surface area (Å²) in [4.78, 5) is 0. The first-order chi connectivity index (χ1) is 5.00. The van der Waals surface area contributed by atoms with Gasteiger partial charge in [0.05, 0.1) is 0 Å². The third-order valence-electron chi connectivity index (χ3n) is 2.14. The minimum Gasteiger partial charge on any atom is -0.117 e. The van der Waals surface area contributed by atoms with Crippen LogP contribution in [0.3, 0.4) is 0 Å². The Bertz CT molecular complexity index is 203. The van der Waals surface area contributed by atoms with Crippen molar-refractivity contribution in [1.82, 2.24) is 0 Å². The van der Waals surface area contributed by atoms with Crippen LogP contribution in [0.4, 0.5) is 0 Å². The minimum absolute atomic E-state index is 0.317. The molecule has 1 aliphatic carbocycles. The summed E-state index contributed by atoms with van der Waals surface area (Å²) in [6.45, 7) is 6.73. The van der Waals surface area contributed by atoms with Crippen LogP contribution in [-0.4, -0.2) is 7.85 Å². The molecule has 0 bridgehead atoms. The van der Waals surface area contributed by atoms with Crippen molar-refractivity contribution in [2.24, 2.45) is 5.41 Å². The van der Waals surface area contributed by atoms with Crippen LogP contribution in [0.15, 0.2) is 23.2 Å². The SMILES string of the molecule is [B]C1=CC=C(C(C)(C)C)CC1. The van der Waals surface area contributed by atoms with Gasteiger partial charge < -0.3 is 0 Å². The Morgan fingerprint density at radius 3 is 2.18 bits per heavy atom. The van der Waals surface area contributed by atoms with Gasteiger partial charge in [0.2, 0.25) is 0 Å². The van der Waals surface area contributed by atoms with Gasteiger partial charge in [-0.1, -0.05) is 38.5 Å². The van der Waals surface area contributed by atoms with Gasteiger partial charge in [-0.25, -0.2) is 0 Å². The zero-order valence-electron chi connectivity index (χ0n) is 7.65. The molecule has 0 aromatic carbocycles. The van der Waals surface area contributed by atoms with E-state index in [1.807, 2.05) is 6.08 Å². The predicted molar refractivity (Wildman–Crippen MR) is 50.6 cm³/mol. The Kier molecular flexibility index (Phi) is 2.27. The fraction of sp³-hybridized carbons (Fsp3) is 0.600. The lowest BCUT2D eigenvalue weighted by atomic mass is 9.77. The highest BCUT2D eigenvalue weighted by Crippen LogP contribution is 2.31. The molecule has 1 aliphatic rings. The largest absolute Gasteiger partial charge is 0.117 e. The average molecular weight is 146 g/mol. The highest BCUT2D eigenvalue weighted by atomic mass is 14.2. The lowest BCUT2D eigenvalue weighted by Gasteiger charge is -2.25. The maximum absolute atomic E-state index is 5.66. The van der Waals surface area contributed by atoms with Crippen molar-refractivity contribution >= 4 is 7.85 Å². The van der Waals surface area contributed by atoms with Gasteiger partial charge in [-0.2, -0.15) is 0 Å². The fourth-order valence-electron chi connectivity index (χ4n) is 1.28. The van der Waals surface area contributed by atoms with Gasteiger partial charge in [-0.05, 0) is 18.3 Å². The van der Waals surface area contributed by atoms with E-state index < -0.39 is 0 Å². The zero-order chi connectivity index (χ0) is 8.48. The van der Waals surface area contributed by atoms with Crippen LogP contribution in [0.2, 0.25) is 0 Å². The molecule has 0 aromatic heterocycles. The van der Waals surface area contributed by atoms with Gasteiger partial charge in [0.25, 0.3) is 0 Å². The first-order valence-corrected chi connectivity index (χ1v) is 4.16. The number of allylic oxidation sites excluding steroid dienone is 4. The molecule has 0 N–H and O–H groups in total. The van der Waals surface area contributed by atoms with Gasteiger partial charge in [0.1, 0.15) is 7.85 Å². The number of hydrogen-bond donors (Lipinski definition) is 0. The first kappa shape index (κ1) is 8.64. The number of hydrogen-bond acceptors (Lipinski definition) is 0. The molecule has 1 rings (SSSR count). The molecule has 0 fully saturated rings. The van der Waals surface area contributed by atoms with Crippen LogP contribution in [-0.2, 0) is 0 Å². The molecule has 1 heteroatoms. The van der Waals surface area contributed by atoms with Crippen molar-refractivity contribution in [2.75, 3.05) is 0 Å². The molecule has 0 unspecified atom stereocenters. The molecular formula is C10H15B. The summed E-state index contributed by atoms with van der Waals surface area (Å²) < 4.78 is 0. The van der Waals surface area contributed by atoms with Gasteiger partial charge in [0, 0.05) is 0 Å². The molecule has 0 spiro atoms. The van der Waals surface area contributed by atoms with E-state index in [2.05, 4.69) is 26.8 Å². The predicted octanol–water partition coefficient (Wildman–Crippen LogP) is 2.81. The maximum Gasteiger partial charge on any atom is 0.107 e. The van der Waals surface area contributed by atoms with Crippen LogP contribution in [0, 0.1) is 5.41 Å². The van der Waals surface area contributed by atoms with Crippen LogP contribution in [0.25, 0.3) is 0 Å². The standard InChI is InChI=1S/C10H15B/c1-10(2,3)8-4-6-9(11)7-5-8/h4,6H,5,7H2,1-3H3. The smallest absolute Gasteiger partial charge is 0.107 e. The highest BCUT2D eigenvalue weighted by molar-refractivity contribution is 6.21. The van der Waals surface area contributed by atoms with Crippen molar-refractivity contribution < 1.29 is 0 Å². The maximum atomic E-state index is 5.66. The normalized spacial score (nSPS) is 19.2. The summed E-state index contributed by atoms with van der Waals surface area (Å²) in [5, 5.41) is 0. The van der Waals surface area contributed by atoms with Crippen LogP contribution < -0.4 is 0 Å². The zero-order valence-corrected chi connectivity index (χ0v) is 7.65. The topological polar surface area (TPSA) is 0 Å². The third-order valence-corrected chi connectivity index (χ3v) is 2.14. The van der Waals surface area contributed by atoms with E-state index in [1.54, 1.807) is 0 Å². The van der Waals surface area contributed by atoms with Crippen LogP contribution >= 0.6 is 0 Å². The second-order valence-electron chi connectivity index (χ2n) is 4.18. The van der Waals surface area contributed by atoms with E-state index in [1.165, 1.54) is 5.57 Å². The first-order valence-electron chi connectivity index (χ1n) is 4.16. The molecule has 0 saturated carbocycles. The van der Waals surface area contributed by atoms with Gasteiger partial charge in [-0.15, -0.1) is 5.47 Å². The monoisotopic (exact) mass is 146 g/mol. The van der Waals surface area contributed by atoms with E-state index in [4.69, 9.17) is 7.85 Å². The molecule has 0 aliphatic heterocycles.